The van der Waals surface area contributed by atoms with Crippen molar-refractivity contribution in [2.75, 3.05) is 0 Å². The molecule has 0 aliphatic rings. The quantitative estimate of drug-likeness (QED) is 0.913. The maximum atomic E-state index is 9.53. The molecule has 1 heterocycles. The molecule has 0 bridgehead atoms. The fourth-order valence-corrected chi connectivity index (χ4v) is 3.18. The van der Waals surface area contributed by atoms with Crippen molar-refractivity contribution in [2.45, 2.75) is 58.7 Å². The Kier molecular flexibility index (Phi) is 4.34. The highest BCUT2D eigenvalue weighted by Gasteiger charge is 2.28. The molecule has 2 rings (SSSR count). The van der Waals surface area contributed by atoms with Gasteiger partial charge in [0.25, 0.3) is 0 Å². The molecule has 2 aromatic rings. The summed E-state index contributed by atoms with van der Waals surface area (Å²) in [4.78, 5) is 4.61. The molecule has 112 valence electrons. The molecule has 0 saturated carbocycles. The van der Waals surface area contributed by atoms with Gasteiger partial charge in [0.15, 0.2) is 0 Å². The van der Waals surface area contributed by atoms with E-state index >= 15 is 0 Å². The first-order valence-corrected chi connectivity index (χ1v) is 7.49. The van der Waals surface area contributed by atoms with Gasteiger partial charge in [-0.15, -0.1) is 0 Å². The second kappa shape index (κ2) is 5.87. The lowest BCUT2D eigenvalue weighted by Crippen LogP contribution is -2.46. The summed E-state index contributed by atoms with van der Waals surface area (Å²) in [6, 6.07) is 11.1. The van der Waals surface area contributed by atoms with Crippen LogP contribution in [0.3, 0.4) is 0 Å². The molecule has 0 amide bonds. The standard InChI is InChI=1S/C17H24N4/c1-12(2)20-17(5,11-18)10-13(3)21-14(4)19-15-8-6-7-9-16(15)21/h6-9,12-13,20H,10H2,1-5H3. The Hall–Kier alpha value is -1.86. The zero-order valence-corrected chi connectivity index (χ0v) is 13.5. The van der Waals surface area contributed by atoms with Crippen LogP contribution in [0, 0.1) is 18.3 Å². The predicted octanol–water partition coefficient (Wildman–Crippen LogP) is 3.58. The van der Waals surface area contributed by atoms with Crippen LogP contribution in [0.4, 0.5) is 0 Å². The Labute approximate surface area is 126 Å². The Morgan fingerprint density at radius 1 is 1.33 bits per heavy atom. The van der Waals surface area contributed by atoms with Crippen LogP contribution < -0.4 is 5.32 Å². The number of para-hydroxylation sites is 2. The van der Waals surface area contributed by atoms with Gasteiger partial charge in [0, 0.05) is 12.1 Å². The molecule has 4 heteroatoms. The molecule has 0 radical (unpaired) electrons. The van der Waals surface area contributed by atoms with Gasteiger partial charge in [0.1, 0.15) is 11.4 Å². The van der Waals surface area contributed by atoms with E-state index in [1.807, 2.05) is 32.0 Å². The van der Waals surface area contributed by atoms with Gasteiger partial charge in [0.2, 0.25) is 0 Å². The van der Waals surface area contributed by atoms with Gasteiger partial charge in [-0.1, -0.05) is 12.1 Å². The topological polar surface area (TPSA) is 53.6 Å². The van der Waals surface area contributed by atoms with Crippen molar-refractivity contribution in [3.63, 3.8) is 0 Å². The number of nitrogens with one attached hydrogen (secondary N) is 1. The van der Waals surface area contributed by atoms with Crippen LogP contribution in [-0.2, 0) is 0 Å². The summed E-state index contributed by atoms with van der Waals surface area (Å²) in [7, 11) is 0. The maximum absolute atomic E-state index is 9.53. The van der Waals surface area contributed by atoms with E-state index < -0.39 is 5.54 Å². The number of nitriles is 1. The molecule has 0 aliphatic carbocycles. The largest absolute Gasteiger partial charge is 0.325 e. The van der Waals surface area contributed by atoms with Gasteiger partial charge < -0.3 is 4.57 Å². The van der Waals surface area contributed by atoms with E-state index in [1.54, 1.807) is 0 Å². The number of imidazole rings is 1. The number of aryl methyl sites for hydroxylation is 1. The van der Waals surface area contributed by atoms with E-state index in [0.29, 0.717) is 0 Å². The van der Waals surface area contributed by atoms with Crippen molar-refractivity contribution < 1.29 is 0 Å². The summed E-state index contributed by atoms with van der Waals surface area (Å²) in [5.74, 6) is 0.994. The second-order valence-corrected chi connectivity index (χ2v) is 6.31. The third kappa shape index (κ3) is 3.25. The number of rotatable bonds is 5. The molecule has 1 N–H and O–H groups in total. The van der Waals surface area contributed by atoms with Gasteiger partial charge in [-0.3, -0.25) is 5.32 Å². The molecule has 1 aromatic heterocycles. The predicted molar refractivity (Wildman–Crippen MR) is 86.1 cm³/mol. The van der Waals surface area contributed by atoms with Crippen molar-refractivity contribution in [3.8, 4) is 6.07 Å². The SMILES string of the molecule is Cc1nc2ccccc2n1C(C)CC(C)(C#N)NC(C)C. The third-order valence-electron chi connectivity index (χ3n) is 3.77. The smallest absolute Gasteiger partial charge is 0.106 e. The number of hydrogen-bond acceptors (Lipinski definition) is 3. The van der Waals surface area contributed by atoms with Gasteiger partial charge in [0.05, 0.1) is 17.1 Å². The van der Waals surface area contributed by atoms with E-state index in [4.69, 9.17) is 0 Å². The molecule has 0 fully saturated rings. The number of benzene rings is 1. The molecule has 0 aliphatic heterocycles. The van der Waals surface area contributed by atoms with E-state index in [9.17, 15) is 5.26 Å². The molecular weight excluding hydrogens is 260 g/mol. The number of aromatic nitrogens is 2. The zero-order valence-electron chi connectivity index (χ0n) is 13.5. The molecule has 2 unspecified atom stereocenters. The van der Waals surface area contributed by atoms with E-state index in [-0.39, 0.29) is 12.1 Å². The second-order valence-electron chi connectivity index (χ2n) is 6.31. The van der Waals surface area contributed by atoms with Crippen molar-refractivity contribution in [1.82, 2.24) is 14.9 Å². The molecule has 4 nitrogen and oxygen atoms in total. The van der Waals surface area contributed by atoms with Crippen molar-refractivity contribution in [3.05, 3.63) is 30.1 Å². The minimum atomic E-state index is -0.536. The van der Waals surface area contributed by atoms with Crippen LogP contribution in [-0.4, -0.2) is 21.1 Å². The van der Waals surface area contributed by atoms with Crippen LogP contribution in [0.1, 0.15) is 46.0 Å². The van der Waals surface area contributed by atoms with Crippen LogP contribution in [0.5, 0.6) is 0 Å². The lowest BCUT2D eigenvalue weighted by atomic mass is 9.94. The minimum Gasteiger partial charge on any atom is -0.325 e. The third-order valence-corrected chi connectivity index (χ3v) is 3.77. The van der Waals surface area contributed by atoms with Crippen LogP contribution >= 0.6 is 0 Å². The van der Waals surface area contributed by atoms with Crippen LogP contribution in [0.15, 0.2) is 24.3 Å². The first kappa shape index (κ1) is 15.5. The summed E-state index contributed by atoms with van der Waals surface area (Å²) in [5.41, 5.74) is 1.61. The lowest BCUT2D eigenvalue weighted by molar-refractivity contribution is 0.328. The van der Waals surface area contributed by atoms with Gasteiger partial charge in [-0.05, 0) is 53.2 Å². The number of fused-ring (bicyclic) bond motifs is 1. The van der Waals surface area contributed by atoms with E-state index in [2.05, 4.69) is 47.8 Å². The van der Waals surface area contributed by atoms with Crippen molar-refractivity contribution in [1.29, 1.82) is 5.26 Å². The summed E-state index contributed by atoms with van der Waals surface area (Å²) in [5, 5.41) is 12.9. The summed E-state index contributed by atoms with van der Waals surface area (Å²) >= 11 is 0. The van der Waals surface area contributed by atoms with Gasteiger partial charge >= 0.3 is 0 Å². The molecule has 0 spiro atoms. The summed E-state index contributed by atoms with van der Waals surface area (Å²) in [6.07, 6.45) is 0.739. The van der Waals surface area contributed by atoms with Crippen LogP contribution in [0.25, 0.3) is 11.0 Å². The average molecular weight is 284 g/mol. The first-order chi connectivity index (χ1) is 9.86. The highest BCUT2D eigenvalue weighted by molar-refractivity contribution is 5.76. The van der Waals surface area contributed by atoms with Gasteiger partial charge in [-0.25, -0.2) is 4.98 Å². The average Bonchev–Trinajstić information content (AvgIpc) is 2.73. The summed E-state index contributed by atoms with van der Waals surface area (Å²) in [6.45, 7) is 10.3. The summed E-state index contributed by atoms with van der Waals surface area (Å²) < 4.78 is 2.23. The fourth-order valence-electron chi connectivity index (χ4n) is 3.18. The highest BCUT2D eigenvalue weighted by Crippen LogP contribution is 2.27. The van der Waals surface area contributed by atoms with Crippen molar-refractivity contribution in [2.24, 2.45) is 0 Å². The molecular formula is C17H24N4. The zero-order chi connectivity index (χ0) is 15.6. The maximum Gasteiger partial charge on any atom is 0.106 e. The Morgan fingerprint density at radius 3 is 2.62 bits per heavy atom. The fraction of sp³-hybridized carbons (Fsp3) is 0.529. The normalized spacial score (nSPS) is 15.9. The Morgan fingerprint density at radius 2 is 2.00 bits per heavy atom. The molecule has 21 heavy (non-hydrogen) atoms. The number of hydrogen-bond donors (Lipinski definition) is 1. The number of nitrogens with zero attached hydrogens (tertiary/aromatic N) is 3. The Balaban J connectivity index is 2.32. The minimum absolute atomic E-state index is 0.202. The van der Waals surface area contributed by atoms with Crippen LogP contribution in [0.2, 0.25) is 0 Å². The van der Waals surface area contributed by atoms with Gasteiger partial charge in [-0.2, -0.15) is 5.26 Å². The molecule has 1 aromatic carbocycles. The first-order valence-electron chi connectivity index (χ1n) is 7.49. The van der Waals surface area contributed by atoms with Crippen molar-refractivity contribution >= 4 is 11.0 Å². The molecule has 0 saturated heterocycles. The lowest BCUT2D eigenvalue weighted by Gasteiger charge is -2.30. The highest BCUT2D eigenvalue weighted by atomic mass is 15.1. The van der Waals surface area contributed by atoms with E-state index in [1.165, 1.54) is 0 Å². The van der Waals surface area contributed by atoms with E-state index in [0.717, 1.165) is 23.3 Å². The molecule has 2 atom stereocenters. The Bertz CT molecular complexity index is 665. The monoisotopic (exact) mass is 284 g/mol.